The first-order valence-corrected chi connectivity index (χ1v) is 10.9. The molecule has 10 nitrogen and oxygen atoms in total. The fourth-order valence-electron chi connectivity index (χ4n) is 3.07. The van der Waals surface area contributed by atoms with Crippen LogP contribution < -0.4 is 10.6 Å². The van der Waals surface area contributed by atoms with Crippen molar-refractivity contribution in [1.82, 2.24) is 24.7 Å². The zero-order valence-electron chi connectivity index (χ0n) is 18.2. The van der Waals surface area contributed by atoms with Gasteiger partial charge < -0.3 is 25.1 Å². The summed E-state index contributed by atoms with van der Waals surface area (Å²) >= 11 is 1.22. The van der Waals surface area contributed by atoms with E-state index in [1.807, 2.05) is 45.0 Å². The van der Waals surface area contributed by atoms with E-state index in [-0.39, 0.29) is 17.8 Å². The third kappa shape index (κ3) is 5.60. The van der Waals surface area contributed by atoms with Gasteiger partial charge in [0.05, 0.1) is 18.4 Å². The molecule has 1 aliphatic rings. The zero-order valence-corrected chi connectivity index (χ0v) is 19.0. The molecule has 0 bridgehead atoms. The quantitative estimate of drug-likeness (QED) is 0.544. The number of carbonyl (C=O) groups excluding carboxylic acids is 2. The van der Waals surface area contributed by atoms with E-state index in [1.54, 1.807) is 16.9 Å². The number of hydrogen-bond donors (Lipinski definition) is 1. The Bertz CT molecular complexity index is 934. The van der Waals surface area contributed by atoms with Gasteiger partial charge in [-0.3, -0.25) is 4.79 Å². The second-order valence-electron chi connectivity index (χ2n) is 8.01. The summed E-state index contributed by atoms with van der Waals surface area (Å²) in [6.07, 6.45) is -0.353. The first-order valence-electron chi connectivity index (χ1n) is 9.92. The molecule has 31 heavy (non-hydrogen) atoms. The standard InChI is InChI=1S/C20H28N6O4S/c1-20(2,3)30-19(28)25-11-9-24(10-12-25)16(27)13-31-18-23-22-17(26(18)21)14-7-5-6-8-15(14)29-4/h5-8H,9-13,21H2,1-4H3. The predicted octanol–water partition coefficient (Wildman–Crippen LogP) is 1.84. The second kappa shape index (κ2) is 9.46. The van der Waals surface area contributed by atoms with Crippen molar-refractivity contribution in [3.05, 3.63) is 24.3 Å². The van der Waals surface area contributed by atoms with Crippen LogP contribution in [0.4, 0.5) is 4.79 Å². The van der Waals surface area contributed by atoms with Gasteiger partial charge in [-0.1, -0.05) is 23.9 Å². The molecular formula is C20H28N6O4S. The molecule has 0 atom stereocenters. The highest BCUT2D eigenvalue weighted by molar-refractivity contribution is 7.99. The smallest absolute Gasteiger partial charge is 0.410 e. The summed E-state index contributed by atoms with van der Waals surface area (Å²) in [6, 6.07) is 7.38. The molecule has 3 rings (SSSR count). The number of ether oxygens (including phenoxy) is 2. The van der Waals surface area contributed by atoms with Crippen LogP contribution in [0, 0.1) is 0 Å². The first kappa shape index (κ1) is 22.7. The van der Waals surface area contributed by atoms with Crippen LogP contribution in [-0.2, 0) is 9.53 Å². The van der Waals surface area contributed by atoms with Crippen LogP contribution in [0.25, 0.3) is 11.4 Å². The fraction of sp³-hybridized carbons (Fsp3) is 0.500. The maximum Gasteiger partial charge on any atom is 0.410 e. The normalized spacial score (nSPS) is 14.5. The lowest BCUT2D eigenvalue weighted by atomic mass is 10.2. The number of nitrogens with zero attached hydrogens (tertiary/aromatic N) is 5. The maximum atomic E-state index is 12.6. The lowest BCUT2D eigenvalue weighted by Crippen LogP contribution is -2.52. The number of methoxy groups -OCH3 is 1. The first-order chi connectivity index (χ1) is 14.7. The highest BCUT2D eigenvalue weighted by Crippen LogP contribution is 2.29. The molecule has 11 heteroatoms. The van der Waals surface area contributed by atoms with Crippen LogP contribution in [-0.4, -0.2) is 81.3 Å². The van der Waals surface area contributed by atoms with Gasteiger partial charge in [0.1, 0.15) is 11.4 Å². The van der Waals surface area contributed by atoms with Crippen molar-refractivity contribution in [1.29, 1.82) is 0 Å². The topological polar surface area (TPSA) is 116 Å². The summed E-state index contributed by atoms with van der Waals surface area (Å²) in [4.78, 5) is 28.1. The Morgan fingerprint density at radius 1 is 1.10 bits per heavy atom. The Morgan fingerprint density at radius 3 is 2.39 bits per heavy atom. The molecule has 0 radical (unpaired) electrons. The SMILES string of the molecule is COc1ccccc1-c1nnc(SCC(=O)N2CCN(C(=O)OC(C)(C)C)CC2)n1N. The van der Waals surface area contributed by atoms with E-state index < -0.39 is 5.60 Å². The van der Waals surface area contributed by atoms with Gasteiger partial charge in [0.15, 0.2) is 5.82 Å². The summed E-state index contributed by atoms with van der Waals surface area (Å²) < 4.78 is 12.1. The fourth-order valence-corrected chi connectivity index (χ4v) is 3.83. The van der Waals surface area contributed by atoms with Crippen LogP contribution in [0.15, 0.2) is 29.4 Å². The van der Waals surface area contributed by atoms with E-state index in [1.165, 1.54) is 16.4 Å². The van der Waals surface area contributed by atoms with Crippen molar-refractivity contribution in [2.75, 3.05) is 44.9 Å². The molecule has 0 unspecified atom stereocenters. The largest absolute Gasteiger partial charge is 0.496 e. The van der Waals surface area contributed by atoms with Crippen molar-refractivity contribution in [2.45, 2.75) is 31.5 Å². The van der Waals surface area contributed by atoms with Crippen molar-refractivity contribution in [3.63, 3.8) is 0 Å². The van der Waals surface area contributed by atoms with Gasteiger partial charge in [-0.2, -0.15) is 0 Å². The van der Waals surface area contributed by atoms with Crippen molar-refractivity contribution in [2.24, 2.45) is 0 Å². The average molecular weight is 449 g/mol. The minimum absolute atomic E-state index is 0.0457. The third-order valence-electron chi connectivity index (χ3n) is 4.62. The van der Waals surface area contributed by atoms with Crippen LogP contribution in [0.2, 0.25) is 0 Å². The van der Waals surface area contributed by atoms with Gasteiger partial charge in [0.25, 0.3) is 0 Å². The van der Waals surface area contributed by atoms with Crippen molar-refractivity contribution < 1.29 is 19.1 Å². The number of thioether (sulfide) groups is 1. The highest BCUT2D eigenvalue weighted by atomic mass is 32.2. The number of amides is 2. The Hall–Kier alpha value is -2.95. The molecule has 1 aliphatic heterocycles. The lowest BCUT2D eigenvalue weighted by molar-refractivity contribution is -0.130. The molecule has 0 spiro atoms. The molecule has 2 amide bonds. The minimum Gasteiger partial charge on any atom is -0.496 e. The van der Waals surface area contributed by atoms with Gasteiger partial charge in [-0.25, -0.2) is 9.47 Å². The Balaban J connectivity index is 1.54. The maximum absolute atomic E-state index is 12.6. The molecule has 0 aliphatic carbocycles. The minimum atomic E-state index is -0.540. The molecule has 1 fully saturated rings. The molecule has 168 valence electrons. The Labute approximate surface area is 185 Å². The molecule has 0 saturated carbocycles. The molecule has 1 aromatic heterocycles. The predicted molar refractivity (Wildman–Crippen MR) is 117 cm³/mol. The summed E-state index contributed by atoms with van der Waals surface area (Å²) in [7, 11) is 1.58. The summed E-state index contributed by atoms with van der Waals surface area (Å²) in [5, 5.41) is 8.69. The van der Waals surface area contributed by atoms with Gasteiger partial charge in [-0.15, -0.1) is 10.2 Å². The van der Waals surface area contributed by atoms with Gasteiger partial charge >= 0.3 is 6.09 Å². The summed E-state index contributed by atoms with van der Waals surface area (Å²) in [5.74, 6) is 7.38. The number of nitrogens with two attached hydrogens (primary N) is 1. The van der Waals surface area contributed by atoms with Crippen molar-refractivity contribution in [3.8, 4) is 17.1 Å². The molecule has 2 N–H and O–H groups in total. The number of rotatable bonds is 5. The van der Waals surface area contributed by atoms with E-state index in [4.69, 9.17) is 15.3 Å². The second-order valence-corrected chi connectivity index (χ2v) is 8.96. The lowest BCUT2D eigenvalue weighted by Gasteiger charge is -2.35. The average Bonchev–Trinajstić information content (AvgIpc) is 3.11. The number of nitrogen functional groups attached to an aromatic ring is 1. The van der Waals surface area contributed by atoms with E-state index in [0.717, 1.165) is 5.56 Å². The van der Waals surface area contributed by atoms with E-state index in [2.05, 4.69) is 10.2 Å². The number of para-hydroxylation sites is 1. The van der Waals surface area contributed by atoms with E-state index in [9.17, 15) is 9.59 Å². The molecule has 2 heterocycles. The van der Waals surface area contributed by atoms with Gasteiger partial charge in [0, 0.05) is 26.2 Å². The van der Waals surface area contributed by atoms with Gasteiger partial charge in [-0.05, 0) is 32.9 Å². The van der Waals surface area contributed by atoms with E-state index in [0.29, 0.717) is 42.9 Å². The number of piperazine rings is 1. The van der Waals surface area contributed by atoms with Crippen molar-refractivity contribution >= 4 is 23.8 Å². The Kier molecular flexibility index (Phi) is 6.94. The number of carbonyl (C=O) groups is 2. The molecule has 1 saturated heterocycles. The summed E-state index contributed by atoms with van der Waals surface area (Å²) in [5.41, 5.74) is 0.179. The molecule has 1 aromatic carbocycles. The molecule has 2 aromatic rings. The van der Waals surface area contributed by atoms with Crippen LogP contribution in [0.3, 0.4) is 0 Å². The third-order valence-corrected chi connectivity index (χ3v) is 5.55. The van der Waals surface area contributed by atoms with Gasteiger partial charge in [0.2, 0.25) is 11.1 Å². The number of benzene rings is 1. The summed E-state index contributed by atoms with van der Waals surface area (Å²) in [6.45, 7) is 7.29. The monoisotopic (exact) mass is 448 g/mol. The Morgan fingerprint density at radius 2 is 1.74 bits per heavy atom. The molecular weight excluding hydrogens is 420 g/mol. The number of aromatic nitrogens is 3. The van der Waals surface area contributed by atoms with E-state index >= 15 is 0 Å². The highest BCUT2D eigenvalue weighted by Gasteiger charge is 2.28. The van der Waals surface area contributed by atoms with Crippen LogP contribution >= 0.6 is 11.8 Å². The van der Waals surface area contributed by atoms with Crippen LogP contribution in [0.5, 0.6) is 5.75 Å². The van der Waals surface area contributed by atoms with Crippen LogP contribution in [0.1, 0.15) is 20.8 Å². The zero-order chi connectivity index (χ0) is 22.6. The number of hydrogen-bond acceptors (Lipinski definition) is 8.